The third kappa shape index (κ3) is 3.09. The number of likely N-dealkylation sites (N-methyl/N-ethyl adjacent to an activating group) is 1. The number of carbonyl (C=O) groups excluding carboxylic acids is 1. The standard InChI is InChI=1S/C11H18N2O2/c1-8-5-6-15-10(8)7-12-9(2)11(14)13(3)4/h5-6,9,12H,7H2,1-4H3/t9-/m1/s1. The van der Waals surface area contributed by atoms with Gasteiger partial charge < -0.3 is 9.32 Å². The van der Waals surface area contributed by atoms with Crippen LogP contribution in [0.25, 0.3) is 0 Å². The van der Waals surface area contributed by atoms with E-state index in [9.17, 15) is 4.79 Å². The van der Waals surface area contributed by atoms with Crippen molar-refractivity contribution in [2.24, 2.45) is 0 Å². The molecule has 0 spiro atoms. The molecule has 1 aromatic rings. The number of aryl methyl sites for hydroxylation is 1. The summed E-state index contributed by atoms with van der Waals surface area (Å²) < 4.78 is 5.27. The highest BCUT2D eigenvalue weighted by Gasteiger charge is 2.14. The van der Waals surface area contributed by atoms with E-state index in [0.29, 0.717) is 6.54 Å². The third-order valence-electron chi connectivity index (χ3n) is 2.35. The SMILES string of the molecule is Cc1ccoc1CN[C@H](C)C(=O)N(C)C. The second kappa shape index (κ2) is 4.98. The Balaban J connectivity index is 2.44. The van der Waals surface area contributed by atoms with Crippen molar-refractivity contribution in [3.05, 3.63) is 23.7 Å². The molecule has 1 aromatic heterocycles. The number of rotatable bonds is 4. The van der Waals surface area contributed by atoms with Gasteiger partial charge in [0.1, 0.15) is 5.76 Å². The summed E-state index contributed by atoms with van der Waals surface area (Å²) in [6.45, 7) is 4.42. The van der Waals surface area contributed by atoms with E-state index in [-0.39, 0.29) is 11.9 Å². The van der Waals surface area contributed by atoms with E-state index >= 15 is 0 Å². The molecule has 1 rings (SSSR count). The Morgan fingerprint density at radius 1 is 1.60 bits per heavy atom. The smallest absolute Gasteiger partial charge is 0.238 e. The van der Waals surface area contributed by atoms with Gasteiger partial charge in [-0.15, -0.1) is 0 Å². The van der Waals surface area contributed by atoms with E-state index in [2.05, 4.69) is 5.32 Å². The van der Waals surface area contributed by atoms with Crippen molar-refractivity contribution in [2.75, 3.05) is 14.1 Å². The van der Waals surface area contributed by atoms with Gasteiger partial charge in [-0.3, -0.25) is 10.1 Å². The summed E-state index contributed by atoms with van der Waals surface area (Å²) >= 11 is 0. The molecule has 0 aliphatic heterocycles. The molecule has 0 aromatic carbocycles. The lowest BCUT2D eigenvalue weighted by atomic mass is 10.2. The second-order valence-corrected chi connectivity index (χ2v) is 3.86. The van der Waals surface area contributed by atoms with Crippen LogP contribution in [0.3, 0.4) is 0 Å². The molecule has 1 amide bonds. The quantitative estimate of drug-likeness (QED) is 0.811. The molecule has 0 unspecified atom stereocenters. The predicted molar refractivity (Wildman–Crippen MR) is 58.4 cm³/mol. The summed E-state index contributed by atoms with van der Waals surface area (Å²) in [5.74, 6) is 0.951. The van der Waals surface area contributed by atoms with E-state index in [1.807, 2.05) is 19.9 Å². The van der Waals surface area contributed by atoms with Crippen LogP contribution in [0.1, 0.15) is 18.2 Å². The zero-order chi connectivity index (χ0) is 11.4. The first-order valence-electron chi connectivity index (χ1n) is 5.00. The first-order chi connectivity index (χ1) is 7.02. The average molecular weight is 210 g/mol. The minimum absolute atomic E-state index is 0.0687. The summed E-state index contributed by atoms with van der Waals surface area (Å²) in [5, 5.41) is 3.12. The van der Waals surface area contributed by atoms with Crippen LogP contribution in [0.15, 0.2) is 16.7 Å². The van der Waals surface area contributed by atoms with Gasteiger partial charge in [0.25, 0.3) is 0 Å². The number of amides is 1. The maximum Gasteiger partial charge on any atom is 0.238 e. The van der Waals surface area contributed by atoms with Crippen LogP contribution in [-0.2, 0) is 11.3 Å². The molecule has 4 heteroatoms. The molecule has 0 bridgehead atoms. The highest BCUT2D eigenvalue weighted by Crippen LogP contribution is 2.08. The van der Waals surface area contributed by atoms with Gasteiger partial charge in [0.15, 0.2) is 0 Å². The lowest BCUT2D eigenvalue weighted by molar-refractivity contribution is -0.130. The Hall–Kier alpha value is -1.29. The van der Waals surface area contributed by atoms with Gasteiger partial charge in [-0.1, -0.05) is 0 Å². The molecule has 0 fully saturated rings. The van der Waals surface area contributed by atoms with Crippen molar-refractivity contribution in [1.82, 2.24) is 10.2 Å². The maximum atomic E-state index is 11.5. The number of nitrogens with one attached hydrogen (secondary N) is 1. The largest absolute Gasteiger partial charge is 0.468 e. The highest BCUT2D eigenvalue weighted by atomic mass is 16.3. The van der Waals surface area contributed by atoms with Gasteiger partial charge in [-0.2, -0.15) is 0 Å². The lowest BCUT2D eigenvalue weighted by Crippen LogP contribution is -2.41. The van der Waals surface area contributed by atoms with E-state index < -0.39 is 0 Å². The van der Waals surface area contributed by atoms with Gasteiger partial charge in [0, 0.05) is 14.1 Å². The van der Waals surface area contributed by atoms with Crippen molar-refractivity contribution in [3.8, 4) is 0 Å². The van der Waals surface area contributed by atoms with Crippen LogP contribution in [0, 0.1) is 6.92 Å². The summed E-state index contributed by atoms with van der Waals surface area (Å²) in [6.07, 6.45) is 1.66. The third-order valence-corrected chi connectivity index (χ3v) is 2.35. The Morgan fingerprint density at radius 3 is 2.73 bits per heavy atom. The molecule has 1 N–H and O–H groups in total. The van der Waals surface area contributed by atoms with Crippen LogP contribution >= 0.6 is 0 Å². The molecule has 0 radical (unpaired) electrons. The van der Waals surface area contributed by atoms with E-state index in [1.165, 1.54) is 0 Å². The topological polar surface area (TPSA) is 45.5 Å². The Morgan fingerprint density at radius 2 is 2.27 bits per heavy atom. The molecular formula is C11H18N2O2. The van der Waals surface area contributed by atoms with E-state index in [1.54, 1.807) is 25.3 Å². The molecule has 1 atom stereocenters. The van der Waals surface area contributed by atoms with Gasteiger partial charge in [0.05, 0.1) is 18.8 Å². The van der Waals surface area contributed by atoms with Gasteiger partial charge in [0.2, 0.25) is 5.91 Å². The van der Waals surface area contributed by atoms with Crippen molar-refractivity contribution in [3.63, 3.8) is 0 Å². The zero-order valence-corrected chi connectivity index (χ0v) is 9.70. The molecule has 84 valence electrons. The Labute approximate surface area is 90.3 Å². The molecule has 0 aliphatic carbocycles. The number of nitrogens with zero attached hydrogens (tertiary/aromatic N) is 1. The summed E-state index contributed by atoms with van der Waals surface area (Å²) in [4.78, 5) is 13.1. The molecule has 4 nitrogen and oxygen atoms in total. The Bertz CT molecular complexity index is 331. The van der Waals surface area contributed by atoms with Crippen LogP contribution in [0.5, 0.6) is 0 Å². The van der Waals surface area contributed by atoms with Crippen LogP contribution in [-0.4, -0.2) is 30.9 Å². The van der Waals surface area contributed by atoms with E-state index in [0.717, 1.165) is 11.3 Å². The minimum Gasteiger partial charge on any atom is -0.468 e. The molecule has 15 heavy (non-hydrogen) atoms. The fourth-order valence-corrected chi connectivity index (χ4v) is 1.31. The van der Waals surface area contributed by atoms with Crippen LogP contribution < -0.4 is 5.32 Å². The summed E-state index contributed by atoms with van der Waals surface area (Å²) in [6, 6.07) is 1.72. The van der Waals surface area contributed by atoms with Gasteiger partial charge in [-0.05, 0) is 25.5 Å². The van der Waals surface area contributed by atoms with E-state index in [4.69, 9.17) is 4.42 Å². The summed E-state index contributed by atoms with van der Waals surface area (Å²) in [5.41, 5.74) is 1.10. The van der Waals surface area contributed by atoms with Crippen LogP contribution in [0.2, 0.25) is 0 Å². The normalized spacial score (nSPS) is 12.5. The molecule has 1 heterocycles. The first kappa shape index (κ1) is 11.8. The van der Waals surface area contributed by atoms with Crippen molar-refractivity contribution >= 4 is 5.91 Å². The average Bonchev–Trinajstić information content (AvgIpc) is 2.59. The number of hydrogen-bond donors (Lipinski definition) is 1. The monoisotopic (exact) mass is 210 g/mol. The predicted octanol–water partition coefficient (Wildman–Crippen LogP) is 1.15. The Kier molecular flexibility index (Phi) is 3.91. The summed E-state index contributed by atoms with van der Waals surface area (Å²) in [7, 11) is 3.50. The first-order valence-corrected chi connectivity index (χ1v) is 5.00. The van der Waals surface area contributed by atoms with Crippen LogP contribution in [0.4, 0.5) is 0 Å². The number of furan rings is 1. The molecular weight excluding hydrogens is 192 g/mol. The molecule has 0 saturated heterocycles. The maximum absolute atomic E-state index is 11.5. The van der Waals surface area contributed by atoms with Crippen molar-refractivity contribution in [2.45, 2.75) is 26.4 Å². The highest BCUT2D eigenvalue weighted by molar-refractivity contribution is 5.80. The van der Waals surface area contributed by atoms with Crippen molar-refractivity contribution < 1.29 is 9.21 Å². The molecule has 0 aliphatic rings. The molecule has 0 saturated carbocycles. The number of hydrogen-bond acceptors (Lipinski definition) is 3. The number of carbonyl (C=O) groups is 1. The fourth-order valence-electron chi connectivity index (χ4n) is 1.31. The lowest BCUT2D eigenvalue weighted by Gasteiger charge is -2.17. The fraction of sp³-hybridized carbons (Fsp3) is 0.545. The second-order valence-electron chi connectivity index (χ2n) is 3.86. The van der Waals surface area contributed by atoms with Crippen molar-refractivity contribution in [1.29, 1.82) is 0 Å². The van der Waals surface area contributed by atoms with Gasteiger partial charge in [-0.25, -0.2) is 0 Å². The van der Waals surface area contributed by atoms with Gasteiger partial charge >= 0.3 is 0 Å². The zero-order valence-electron chi connectivity index (χ0n) is 9.70. The minimum atomic E-state index is -0.190.